The SMILES string of the molecule is COC1C(Cl)CC1Oc1ccc(Br)cc1. The van der Waals surface area contributed by atoms with E-state index in [0.29, 0.717) is 0 Å². The topological polar surface area (TPSA) is 18.5 Å². The molecule has 0 bridgehead atoms. The van der Waals surface area contributed by atoms with Gasteiger partial charge in [-0.1, -0.05) is 15.9 Å². The zero-order valence-electron chi connectivity index (χ0n) is 8.32. The van der Waals surface area contributed by atoms with Gasteiger partial charge in [0, 0.05) is 18.0 Å². The molecule has 0 aliphatic heterocycles. The first kappa shape index (κ1) is 11.2. The molecular weight excluding hydrogens is 279 g/mol. The van der Waals surface area contributed by atoms with E-state index in [1.165, 1.54) is 0 Å². The number of alkyl halides is 1. The predicted octanol–water partition coefficient (Wildman–Crippen LogP) is 3.22. The van der Waals surface area contributed by atoms with Gasteiger partial charge >= 0.3 is 0 Å². The molecule has 1 aliphatic carbocycles. The van der Waals surface area contributed by atoms with Crippen molar-refractivity contribution in [1.82, 2.24) is 0 Å². The molecule has 0 saturated heterocycles. The summed E-state index contributed by atoms with van der Waals surface area (Å²) in [6.07, 6.45) is 0.935. The second kappa shape index (κ2) is 4.73. The molecule has 3 atom stereocenters. The first-order chi connectivity index (χ1) is 7.20. The molecule has 1 fully saturated rings. The number of hydrogen-bond donors (Lipinski definition) is 0. The number of hydrogen-bond acceptors (Lipinski definition) is 2. The zero-order valence-corrected chi connectivity index (χ0v) is 10.7. The molecule has 1 saturated carbocycles. The Kier molecular flexibility index (Phi) is 3.54. The van der Waals surface area contributed by atoms with Gasteiger partial charge in [-0.15, -0.1) is 11.6 Å². The van der Waals surface area contributed by atoms with E-state index in [4.69, 9.17) is 21.1 Å². The second-order valence-electron chi connectivity index (χ2n) is 3.56. The van der Waals surface area contributed by atoms with Crippen molar-refractivity contribution in [3.05, 3.63) is 28.7 Å². The summed E-state index contributed by atoms with van der Waals surface area (Å²) >= 11 is 9.37. The van der Waals surface area contributed by atoms with Crippen LogP contribution in [0.4, 0.5) is 0 Å². The summed E-state index contributed by atoms with van der Waals surface area (Å²) in [6, 6.07) is 7.76. The van der Waals surface area contributed by atoms with E-state index in [0.717, 1.165) is 16.6 Å². The van der Waals surface area contributed by atoms with Gasteiger partial charge in [0.05, 0.1) is 5.38 Å². The third kappa shape index (κ3) is 2.47. The van der Waals surface area contributed by atoms with Crippen LogP contribution in [-0.2, 0) is 4.74 Å². The number of methoxy groups -OCH3 is 1. The normalized spacial score (nSPS) is 29.7. The third-order valence-corrected chi connectivity index (χ3v) is 3.51. The van der Waals surface area contributed by atoms with E-state index in [1.54, 1.807) is 7.11 Å². The molecule has 0 N–H and O–H groups in total. The Morgan fingerprint density at radius 2 is 2.00 bits per heavy atom. The Hall–Kier alpha value is -0.250. The minimum atomic E-state index is 0.00955. The average Bonchev–Trinajstić information content (AvgIpc) is 2.21. The van der Waals surface area contributed by atoms with Gasteiger partial charge in [0.15, 0.2) is 0 Å². The maximum absolute atomic E-state index is 5.99. The van der Waals surface area contributed by atoms with Crippen LogP contribution in [0.3, 0.4) is 0 Å². The van der Waals surface area contributed by atoms with Gasteiger partial charge in [0.2, 0.25) is 0 Å². The Morgan fingerprint density at radius 1 is 1.33 bits per heavy atom. The Bertz CT molecular complexity index is 328. The van der Waals surface area contributed by atoms with Crippen molar-refractivity contribution in [2.24, 2.45) is 0 Å². The smallest absolute Gasteiger partial charge is 0.128 e. The van der Waals surface area contributed by atoms with E-state index < -0.39 is 0 Å². The summed E-state index contributed by atoms with van der Waals surface area (Å²) in [4.78, 5) is 0. The van der Waals surface area contributed by atoms with Crippen molar-refractivity contribution in [2.45, 2.75) is 24.0 Å². The van der Waals surface area contributed by atoms with Crippen molar-refractivity contribution in [2.75, 3.05) is 7.11 Å². The fourth-order valence-electron chi connectivity index (χ4n) is 1.63. The van der Waals surface area contributed by atoms with Gasteiger partial charge < -0.3 is 9.47 Å². The van der Waals surface area contributed by atoms with Gasteiger partial charge in [-0.05, 0) is 24.3 Å². The molecule has 1 aliphatic rings. The Balaban J connectivity index is 1.95. The van der Waals surface area contributed by atoms with Crippen LogP contribution in [0.25, 0.3) is 0 Å². The summed E-state index contributed by atoms with van der Waals surface area (Å²) in [5.74, 6) is 0.855. The molecular formula is C11H12BrClO2. The van der Waals surface area contributed by atoms with Gasteiger partial charge in [-0.3, -0.25) is 0 Å². The molecule has 0 radical (unpaired) electrons. The van der Waals surface area contributed by atoms with E-state index in [1.807, 2.05) is 24.3 Å². The van der Waals surface area contributed by atoms with Gasteiger partial charge in [0.25, 0.3) is 0 Å². The maximum atomic E-state index is 5.99. The number of benzene rings is 1. The van der Waals surface area contributed by atoms with E-state index in [9.17, 15) is 0 Å². The lowest BCUT2D eigenvalue weighted by molar-refractivity contribution is -0.0583. The van der Waals surface area contributed by atoms with Gasteiger partial charge in [-0.25, -0.2) is 0 Å². The Morgan fingerprint density at radius 3 is 2.53 bits per heavy atom. The lowest BCUT2D eigenvalue weighted by Crippen LogP contribution is -2.52. The van der Waals surface area contributed by atoms with Crippen LogP contribution < -0.4 is 4.74 Å². The Labute approximate surface area is 103 Å². The van der Waals surface area contributed by atoms with Crippen LogP contribution in [-0.4, -0.2) is 24.7 Å². The van der Waals surface area contributed by atoms with Gasteiger partial charge in [0.1, 0.15) is 18.0 Å². The number of halogens is 2. The standard InChI is InChI=1S/C11H12BrClO2/c1-14-11-9(13)6-10(11)15-8-4-2-7(12)3-5-8/h2-5,9-11H,6H2,1H3. The molecule has 15 heavy (non-hydrogen) atoms. The highest BCUT2D eigenvalue weighted by Crippen LogP contribution is 2.32. The number of rotatable bonds is 3. The highest BCUT2D eigenvalue weighted by Gasteiger charge is 2.42. The second-order valence-corrected chi connectivity index (χ2v) is 5.04. The lowest BCUT2D eigenvalue weighted by Gasteiger charge is -2.39. The van der Waals surface area contributed by atoms with Crippen LogP contribution in [0, 0.1) is 0 Å². The molecule has 2 rings (SSSR count). The average molecular weight is 292 g/mol. The molecule has 1 aromatic rings. The molecule has 4 heteroatoms. The van der Waals surface area contributed by atoms with Crippen LogP contribution >= 0.6 is 27.5 Å². The zero-order chi connectivity index (χ0) is 10.8. The van der Waals surface area contributed by atoms with E-state index in [-0.39, 0.29) is 17.6 Å². The summed E-state index contributed by atoms with van der Waals surface area (Å²) in [5, 5.41) is 0.0791. The molecule has 82 valence electrons. The highest BCUT2D eigenvalue weighted by molar-refractivity contribution is 9.10. The lowest BCUT2D eigenvalue weighted by atomic mass is 9.91. The van der Waals surface area contributed by atoms with E-state index >= 15 is 0 Å². The van der Waals surface area contributed by atoms with Crippen LogP contribution in [0.1, 0.15) is 6.42 Å². The fourth-order valence-corrected chi connectivity index (χ4v) is 2.33. The molecule has 0 spiro atoms. The summed E-state index contributed by atoms with van der Waals surface area (Å²) in [6.45, 7) is 0. The van der Waals surface area contributed by atoms with Crippen molar-refractivity contribution in [3.8, 4) is 5.75 Å². The van der Waals surface area contributed by atoms with Crippen molar-refractivity contribution < 1.29 is 9.47 Å². The molecule has 1 aromatic carbocycles. The molecule has 2 nitrogen and oxygen atoms in total. The quantitative estimate of drug-likeness (QED) is 0.796. The first-order valence-corrected chi connectivity index (χ1v) is 6.02. The van der Waals surface area contributed by atoms with Crippen LogP contribution in [0.2, 0.25) is 0 Å². The van der Waals surface area contributed by atoms with Crippen molar-refractivity contribution in [1.29, 1.82) is 0 Å². The monoisotopic (exact) mass is 290 g/mol. The molecule has 0 amide bonds. The minimum absolute atomic E-state index is 0.00955. The third-order valence-electron chi connectivity index (χ3n) is 2.55. The van der Waals surface area contributed by atoms with Crippen LogP contribution in [0.15, 0.2) is 28.7 Å². The maximum Gasteiger partial charge on any atom is 0.128 e. The first-order valence-electron chi connectivity index (χ1n) is 4.80. The predicted molar refractivity (Wildman–Crippen MR) is 63.6 cm³/mol. The fraction of sp³-hybridized carbons (Fsp3) is 0.455. The largest absolute Gasteiger partial charge is 0.488 e. The molecule has 0 aromatic heterocycles. The minimum Gasteiger partial charge on any atom is -0.488 e. The van der Waals surface area contributed by atoms with Gasteiger partial charge in [-0.2, -0.15) is 0 Å². The summed E-state index contributed by atoms with van der Waals surface area (Å²) in [7, 11) is 1.66. The van der Waals surface area contributed by atoms with E-state index in [2.05, 4.69) is 15.9 Å². The number of ether oxygens (including phenoxy) is 2. The molecule has 0 heterocycles. The van der Waals surface area contributed by atoms with Crippen LogP contribution in [0.5, 0.6) is 5.75 Å². The van der Waals surface area contributed by atoms with Crippen molar-refractivity contribution in [3.63, 3.8) is 0 Å². The highest BCUT2D eigenvalue weighted by atomic mass is 79.9. The molecule has 3 unspecified atom stereocenters. The van der Waals surface area contributed by atoms with Crippen molar-refractivity contribution >= 4 is 27.5 Å². The summed E-state index contributed by atoms with van der Waals surface area (Å²) in [5.41, 5.74) is 0. The summed E-state index contributed by atoms with van der Waals surface area (Å²) < 4.78 is 12.0.